The van der Waals surface area contributed by atoms with E-state index in [-0.39, 0.29) is 6.29 Å². The molecule has 110 valence electrons. The fraction of sp³-hybridized carbons (Fsp3) is 0.625. The zero-order valence-corrected chi connectivity index (χ0v) is 12.1. The van der Waals surface area contributed by atoms with Gasteiger partial charge in [0.05, 0.1) is 20.3 Å². The van der Waals surface area contributed by atoms with Crippen molar-refractivity contribution >= 4 is 0 Å². The van der Waals surface area contributed by atoms with E-state index >= 15 is 0 Å². The molecule has 4 heteroatoms. The molecule has 0 unspecified atom stereocenters. The van der Waals surface area contributed by atoms with Crippen molar-refractivity contribution in [2.75, 3.05) is 33.4 Å². The third-order valence-electron chi connectivity index (χ3n) is 4.19. The van der Waals surface area contributed by atoms with Crippen LogP contribution >= 0.6 is 0 Å². The third-order valence-corrected chi connectivity index (χ3v) is 4.19. The first kappa shape index (κ1) is 13.9. The number of hydrogen-bond acceptors (Lipinski definition) is 4. The minimum absolute atomic E-state index is 0.00144. The van der Waals surface area contributed by atoms with Gasteiger partial charge in [0, 0.05) is 19.0 Å². The summed E-state index contributed by atoms with van der Waals surface area (Å²) in [6.45, 7) is 3.68. The van der Waals surface area contributed by atoms with Crippen molar-refractivity contribution < 1.29 is 14.2 Å². The number of rotatable bonds is 5. The summed E-state index contributed by atoms with van der Waals surface area (Å²) in [7, 11) is 1.72. The normalized spacial score (nSPS) is 24.4. The largest absolute Gasteiger partial charge is 0.497 e. The van der Waals surface area contributed by atoms with E-state index in [9.17, 15) is 0 Å². The Hall–Kier alpha value is -1.10. The highest BCUT2D eigenvalue weighted by molar-refractivity contribution is 5.31. The molecule has 0 spiro atoms. The molecule has 1 atom stereocenters. The molecule has 0 saturated carbocycles. The lowest BCUT2D eigenvalue weighted by molar-refractivity contribution is -0.0521. The summed E-state index contributed by atoms with van der Waals surface area (Å²) in [4.78, 5) is 2.54. The smallest absolute Gasteiger partial charge is 0.159 e. The molecule has 0 aromatic heterocycles. The first-order valence-corrected chi connectivity index (χ1v) is 7.48. The van der Waals surface area contributed by atoms with Gasteiger partial charge < -0.3 is 14.2 Å². The van der Waals surface area contributed by atoms with Crippen LogP contribution in [0.4, 0.5) is 0 Å². The molecule has 0 aliphatic carbocycles. The first-order valence-electron chi connectivity index (χ1n) is 7.48. The molecule has 20 heavy (non-hydrogen) atoms. The number of ether oxygens (including phenoxy) is 3. The Morgan fingerprint density at radius 1 is 1.30 bits per heavy atom. The van der Waals surface area contributed by atoms with Crippen LogP contribution in [-0.2, 0) is 9.47 Å². The summed E-state index contributed by atoms with van der Waals surface area (Å²) in [5, 5.41) is 0. The van der Waals surface area contributed by atoms with Crippen LogP contribution in [0.1, 0.15) is 30.9 Å². The molecule has 2 aliphatic heterocycles. The van der Waals surface area contributed by atoms with E-state index in [0.717, 1.165) is 38.5 Å². The van der Waals surface area contributed by atoms with E-state index in [1.165, 1.54) is 18.4 Å². The van der Waals surface area contributed by atoms with Crippen LogP contribution in [0.2, 0.25) is 0 Å². The van der Waals surface area contributed by atoms with Crippen molar-refractivity contribution in [1.82, 2.24) is 4.90 Å². The lowest BCUT2D eigenvalue weighted by Crippen LogP contribution is -2.27. The lowest BCUT2D eigenvalue weighted by atomic mass is 10.0. The van der Waals surface area contributed by atoms with Crippen molar-refractivity contribution in [2.24, 2.45) is 0 Å². The quantitative estimate of drug-likeness (QED) is 0.828. The summed E-state index contributed by atoms with van der Waals surface area (Å²) in [5.41, 5.74) is 1.36. The van der Waals surface area contributed by atoms with Crippen LogP contribution in [-0.4, -0.2) is 44.6 Å². The van der Waals surface area contributed by atoms with Gasteiger partial charge in [0.1, 0.15) is 5.75 Å². The molecule has 3 rings (SSSR count). The second-order valence-electron chi connectivity index (χ2n) is 5.43. The van der Waals surface area contributed by atoms with E-state index in [4.69, 9.17) is 14.2 Å². The van der Waals surface area contributed by atoms with E-state index in [1.54, 1.807) is 7.11 Å². The molecule has 2 aliphatic rings. The summed E-state index contributed by atoms with van der Waals surface area (Å²) in [6.07, 6.45) is 3.44. The van der Waals surface area contributed by atoms with E-state index in [2.05, 4.69) is 23.1 Å². The number of likely N-dealkylation sites (tertiary alicyclic amines) is 1. The number of nitrogens with zero attached hydrogens (tertiary/aromatic N) is 1. The van der Waals surface area contributed by atoms with Crippen LogP contribution in [0, 0.1) is 0 Å². The number of benzene rings is 1. The molecule has 0 N–H and O–H groups in total. The number of hydrogen-bond donors (Lipinski definition) is 0. The molecular formula is C16H23NO3. The van der Waals surface area contributed by atoms with Crippen molar-refractivity contribution in [2.45, 2.75) is 31.6 Å². The van der Waals surface area contributed by atoms with Crippen molar-refractivity contribution in [3.05, 3.63) is 29.8 Å². The van der Waals surface area contributed by atoms with Crippen LogP contribution in [0.3, 0.4) is 0 Å². The molecule has 0 bridgehead atoms. The molecule has 2 fully saturated rings. The van der Waals surface area contributed by atoms with Gasteiger partial charge in [0.2, 0.25) is 0 Å². The lowest BCUT2D eigenvalue weighted by Gasteiger charge is -2.26. The second kappa shape index (κ2) is 6.57. The molecule has 0 amide bonds. The fourth-order valence-electron chi connectivity index (χ4n) is 3.17. The Bertz CT molecular complexity index is 431. The van der Waals surface area contributed by atoms with Gasteiger partial charge in [-0.25, -0.2) is 0 Å². The van der Waals surface area contributed by atoms with Crippen molar-refractivity contribution in [3.63, 3.8) is 0 Å². The van der Waals surface area contributed by atoms with Gasteiger partial charge in [-0.1, -0.05) is 12.1 Å². The predicted molar refractivity (Wildman–Crippen MR) is 76.9 cm³/mol. The van der Waals surface area contributed by atoms with Gasteiger partial charge in [-0.3, -0.25) is 4.90 Å². The highest BCUT2D eigenvalue weighted by atomic mass is 16.7. The summed E-state index contributed by atoms with van der Waals surface area (Å²) >= 11 is 0. The third kappa shape index (κ3) is 3.14. The summed E-state index contributed by atoms with van der Waals surface area (Å²) < 4.78 is 16.4. The van der Waals surface area contributed by atoms with Crippen LogP contribution in [0.25, 0.3) is 0 Å². The molecule has 1 aromatic carbocycles. The Labute approximate surface area is 120 Å². The minimum atomic E-state index is 0.00144. The Morgan fingerprint density at radius 3 is 2.95 bits per heavy atom. The van der Waals surface area contributed by atoms with Gasteiger partial charge >= 0.3 is 0 Å². The molecule has 2 saturated heterocycles. The molecule has 2 heterocycles. The summed E-state index contributed by atoms with van der Waals surface area (Å²) in [5.74, 6) is 0.941. The van der Waals surface area contributed by atoms with Crippen LogP contribution < -0.4 is 4.74 Å². The molecule has 1 aromatic rings. The fourth-order valence-corrected chi connectivity index (χ4v) is 3.17. The van der Waals surface area contributed by atoms with Crippen LogP contribution in [0.5, 0.6) is 5.75 Å². The Kier molecular flexibility index (Phi) is 4.55. The Morgan fingerprint density at radius 2 is 2.15 bits per heavy atom. The van der Waals surface area contributed by atoms with Gasteiger partial charge in [-0.2, -0.15) is 0 Å². The van der Waals surface area contributed by atoms with Crippen molar-refractivity contribution in [1.29, 1.82) is 0 Å². The van der Waals surface area contributed by atoms with E-state index in [1.807, 2.05) is 6.07 Å². The standard InChI is InChI=1S/C16H23NO3/c1-18-14-5-2-4-13(12-14)15-6-3-8-17(15)9-7-16-19-10-11-20-16/h2,4-5,12,15-16H,3,6-11H2,1H3/t15-/m0/s1. The van der Waals surface area contributed by atoms with Crippen molar-refractivity contribution in [3.8, 4) is 5.75 Å². The predicted octanol–water partition coefficient (Wildman–Crippen LogP) is 2.60. The minimum Gasteiger partial charge on any atom is -0.497 e. The van der Waals surface area contributed by atoms with Gasteiger partial charge in [0.25, 0.3) is 0 Å². The molecule has 0 radical (unpaired) electrons. The highest BCUT2D eigenvalue weighted by Gasteiger charge is 2.27. The maximum Gasteiger partial charge on any atom is 0.159 e. The van der Waals surface area contributed by atoms with Crippen LogP contribution in [0.15, 0.2) is 24.3 Å². The first-order chi connectivity index (χ1) is 9.86. The van der Waals surface area contributed by atoms with E-state index < -0.39 is 0 Å². The maximum atomic E-state index is 5.52. The maximum absolute atomic E-state index is 5.52. The zero-order chi connectivity index (χ0) is 13.8. The number of methoxy groups -OCH3 is 1. The average Bonchev–Trinajstić information content (AvgIpc) is 3.16. The van der Waals surface area contributed by atoms with Gasteiger partial charge in [0.15, 0.2) is 6.29 Å². The average molecular weight is 277 g/mol. The monoisotopic (exact) mass is 277 g/mol. The van der Waals surface area contributed by atoms with E-state index in [0.29, 0.717) is 6.04 Å². The van der Waals surface area contributed by atoms with Gasteiger partial charge in [-0.15, -0.1) is 0 Å². The molecular weight excluding hydrogens is 254 g/mol. The zero-order valence-electron chi connectivity index (χ0n) is 12.1. The topological polar surface area (TPSA) is 30.9 Å². The molecule has 4 nitrogen and oxygen atoms in total. The second-order valence-corrected chi connectivity index (χ2v) is 5.43. The Balaban J connectivity index is 1.61. The summed E-state index contributed by atoms with van der Waals surface area (Å²) in [6, 6.07) is 8.95. The van der Waals surface area contributed by atoms with Gasteiger partial charge in [-0.05, 0) is 37.1 Å². The highest BCUT2D eigenvalue weighted by Crippen LogP contribution is 2.33. The SMILES string of the molecule is COc1cccc([C@@H]2CCCN2CCC2OCCO2)c1.